The van der Waals surface area contributed by atoms with E-state index < -0.39 is 0 Å². The number of rotatable bonds is 3. The minimum Gasteiger partial charge on any atom is -0.271 e. The van der Waals surface area contributed by atoms with Crippen molar-refractivity contribution in [3.8, 4) is 0 Å². The number of nitrogens with two attached hydrogens (primary N) is 1. The Labute approximate surface area is 118 Å². The molecule has 0 aromatic heterocycles. The molecule has 0 heterocycles. The Balaban J connectivity index is 2.32. The zero-order valence-corrected chi connectivity index (χ0v) is 12.5. The molecule has 1 atom stereocenters. The predicted molar refractivity (Wildman–Crippen MR) is 80.1 cm³/mol. The van der Waals surface area contributed by atoms with E-state index in [1.807, 2.05) is 0 Å². The predicted octanol–water partition coefficient (Wildman–Crippen LogP) is 4.15. The van der Waals surface area contributed by atoms with Crippen LogP contribution in [-0.4, -0.2) is 0 Å². The molecular formula is C15H21BrN2. The van der Waals surface area contributed by atoms with E-state index in [4.69, 9.17) is 5.84 Å². The van der Waals surface area contributed by atoms with Crippen LogP contribution >= 0.6 is 15.9 Å². The lowest BCUT2D eigenvalue weighted by Gasteiger charge is -2.22. The van der Waals surface area contributed by atoms with Gasteiger partial charge in [-0.15, -0.1) is 0 Å². The minimum atomic E-state index is 0.153. The van der Waals surface area contributed by atoms with Gasteiger partial charge >= 0.3 is 0 Å². The molecule has 98 valence electrons. The minimum absolute atomic E-state index is 0.153. The Hall–Kier alpha value is -0.640. The van der Waals surface area contributed by atoms with Crippen LogP contribution in [0.5, 0.6) is 0 Å². The molecule has 18 heavy (non-hydrogen) atoms. The van der Waals surface area contributed by atoms with Crippen LogP contribution in [-0.2, 0) is 0 Å². The number of nitrogens with one attached hydrogen (secondary N) is 1. The van der Waals surface area contributed by atoms with Crippen LogP contribution in [0.4, 0.5) is 0 Å². The third-order valence-electron chi connectivity index (χ3n) is 3.73. The summed E-state index contributed by atoms with van der Waals surface area (Å²) in [6, 6.07) is 6.47. The quantitative estimate of drug-likeness (QED) is 0.500. The van der Waals surface area contributed by atoms with Crippen molar-refractivity contribution in [1.29, 1.82) is 0 Å². The Morgan fingerprint density at radius 3 is 2.89 bits per heavy atom. The van der Waals surface area contributed by atoms with Crippen LogP contribution in [0, 0.1) is 6.92 Å². The average Bonchev–Trinajstić information content (AvgIpc) is 2.64. The van der Waals surface area contributed by atoms with E-state index in [9.17, 15) is 0 Å². The topological polar surface area (TPSA) is 38.0 Å². The van der Waals surface area contributed by atoms with Crippen molar-refractivity contribution in [2.24, 2.45) is 5.84 Å². The van der Waals surface area contributed by atoms with Gasteiger partial charge < -0.3 is 0 Å². The second kappa shape index (κ2) is 6.50. The number of halogens is 1. The number of benzene rings is 1. The van der Waals surface area contributed by atoms with E-state index in [1.165, 1.54) is 42.4 Å². The molecular weight excluding hydrogens is 288 g/mol. The Bertz CT molecular complexity index is 440. The first-order valence-corrected chi connectivity index (χ1v) is 7.43. The molecule has 0 spiro atoms. The first-order valence-electron chi connectivity index (χ1n) is 6.64. The van der Waals surface area contributed by atoms with E-state index in [1.54, 1.807) is 0 Å². The maximum Gasteiger partial charge on any atom is 0.0673 e. The van der Waals surface area contributed by atoms with Gasteiger partial charge in [-0.1, -0.05) is 46.1 Å². The molecule has 1 aromatic rings. The van der Waals surface area contributed by atoms with Gasteiger partial charge in [0, 0.05) is 4.47 Å². The van der Waals surface area contributed by atoms with Crippen molar-refractivity contribution >= 4 is 15.9 Å². The molecule has 2 rings (SSSR count). The molecule has 1 aliphatic carbocycles. The van der Waals surface area contributed by atoms with Gasteiger partial charge in [0.05, 0.1) is 6.04 Å². The van der Waals surface area contributed by atoms with Gasteiger partial charge in [-0.3, -0.25) is 5.84 Å². The van der Waals surface area contributed by atoms with E-state index in [0.29, 0.717) is 0 Å². The number of hydrogen-bond acceptors (Lipinski definition) is 2. The summed E-state index contributed by atoms with van der Waals surface area (Å²) >= 11 is 3.59. The molecule has 0 fully saturated rings. The summed E-state index contributed by atoms with van der Waals surface area (Å²) in [7, 11) is 0. The van der Waals surface area contributed by atoms with Crippen LogP contribution in [0.25, 0.3) is 0 Å². The lowest BCUT2D eigenvalue weighted by molar-refractivity contribution is 0.590. The summed E-state index contributed by atoms with van der Waals surface area (Å²) in [6.07, 6.45) is 8.61. The summed E-state index contributed by atoms with van der Waals surface area (Å²) in [5.74, 6) is 5.80. The fourth-order valence-corrected chi connectivity index (χ4v) is 3.02. The smallest absolute Gasteiger partial charge is 0.0673 e. The number of allylic oxidation sites excluding steroid dienone is 1. The third kappa shape index (κ3) is 3.02. The zero-order chi connectivity index (χ0) is 13.0. The Morgan fingerprint density at radius 2 is 2.11 bits per heavy atom. The molecule has 0 bridgehead atoms. The molecule has 0 radical (unpaired) electrons. The zero-order valence-electron chi connectivity index (χ0n) is 10.9. The van der Waals surface area contributed by atoms with Gasteiger partial charge in [-0.05, 0) is 49.8 Å². The van der Waals surface area contributed by atoms with Gasteiger partial charge in [0.2, 0.25) is 0 Å². The third-order valence-corrected chi connectivity index (χ3v) is 4.59. The molecule has 0 saturated carbocycles. The van der Waals surface area contributed by atoms with E-state index in [0.717, 1.165) is 10.9 Å². The Kier molecular flexibility index (Phi) is 4.98. The highest BCUT2D eigenvalue weighted by Crippen LogP contribution is 2.32. The van der Waals surface area contributed by atoms with Crippen molar-refractivity contribution in [2.45, 2.75) is 45.1 Å². The molecule has 1 aliphatic rings. The van der Waals surface area contributed by atoms with E-state index >= 15 is 0 Å². The largest absolute Gasteiger partial charge is 0.271 e. The van der Waals surface area contributed by atoms with Gasteiger partial charge in [0.25, 0.3) is 0 Å². The van der Waals surface area contributed by atoms with Gasteiger partial charge in [0.15, 0.2) is 0 Å². The monoisotopic (exact) mass is 308 g/mol. The second-order valence-electron chi connectivity index (χ2n) is 4.93. The summed E-state index contributed by atoms with van der Waals surface area (Å²) in [5.41, 5.74) is 6.98. The van der Waals surface area contributed by atoms with Gasteiger partial charge in [-0.25, -0.2) is 5.43 Å². The maximum absolute atomic E-state index is 5.80. The van der Waals surface area contributed by atoms with Crippen molar-refractivity contribution in [2.75, 3.05) is 0 Å². The van der Waals surface area contributed by atoms with Gasteiger partial charge in [-0.2, -0.15) is 0 Å². The van der Waals surface area contributed by atoms with Crippen molar-refractivity contribution in [3.05, 3.63) is 45.4 Å². The molecule has 3 heteroatoms. The summed E-state index contributed by atoms with van der Waals surface area (Å²) < 4.78 is 1.15. The van der Waals surface area contributed by atoms with Crippen molar-refractivity contribution in [1.82, 2.24) is 5.43 Å². The average molecular weight is 309 g/mol. The standard InChI is InChI=1S/C15H21BrN2/c1-11-13(9-6-10-14(11)16)15(18-17)12-7-4-2-3-5-8-12/h6-7,9-10,15,18H,2-5,8,17H2,1H3. The van der Waals surface area contributed by atoms with Crippen LogP contribution in [0.1, 0.15) is 49.3 Å². The van der Waals surface area contributed by atoms with Crippen molar-refractivity contribution < 1.29 is 0 Å². The molecule has 1 aromatic carbocycles. The van der Waals surface area contributed by atoms with Gasteiger partial charge in [0.1, 0.15) is 0 Å². The molecule has 1 unspecified atom stereocenters. The molecule has 0 saturated heterocycles. The summed E-state index contributed by atoms with van der Waals surface area (Å²) in [6.45, 7) is 2.14. The normalized spacial score (nSPS) is 18.1. The lowest BCUT2D eigenvalue weighted by atomic mass is 9.93. The molecule has 2 nitrogen and oxygen atoms in total. The fourth-order valence-electron chi connectivity index (χ4n) is 2.64. The highest BCUT2D eigenvalue weighted by atomic mass is 79.9. The maximum atomic E-state index is 5.80. The van der Waals surface area contributed by atoms with Crippen molar-refractivity contribution in [3.63, 3.8) is 0 Å². The first kappa shape index (κ1) is 13.8. The molecule has 0 aliphatic heterocycles. The van der Waals surface area contributed by atoms with Crippen LogP contribution in [0.2, 0.25) is 0 Å². The first-order chi connectivity index (χ1) is 8.74. The molecule has 3 N–H and O–H groups in total. The number of hydrazine groups is 1. The second-order valence-corrected chi connectivity index (χ2v) is 5.79. The van der Waals surface area contributed by atoms with Crippen LogP contribution in [0.15, 0.2) is 34.3 Å². The SMILES string of the molecule is Cc1c(Br)cccc1C(NN)C1=CCCCCC1. The van der Waals surface area contributed by atoms with E-state index in [2.05, 4.69) is 52.6 Å². The lowest BCUT2D eigenvalue weighted by Crippen LogP contribution is -2.30. The Morgan fingerprint density at radius 1 is 1.28 bits per heavy atom. The summed E-state index contributed by atoms with van der Waals surface area (Å²) in [5, 5.41) is 0. The molecule has 0 amide bonds. The number of hydrogen-bond donors (Lipinski definition) is 2. The van der Waals surface area contributed by atoms with Crippen LogP contribution in [0.3, 0.4) is 0 Å². The fraction of sp³-hybridized carbons (Fsp3) is 0.467. The highest BCUT2D eigenvalue weighted by Gasteiger charge is 2.18. The van der Waals surface area contributed by atoms with Crippen LogP contribution < -0.4 is 11.3 Å². The summed E-state index contributed by atoms with van der Waals surface area (Å²) in [4.78, 5) is 0. The highest BCUT2D eigenvalue weighted by molar-refractivity contribution is 9.10. The van der Waals surface area contributed by atoms with E-state index in [-0.39, 0.29) is 6.04 Å².